The molecule has 1 aromatic carbocycles. The van der Waals surface area contributed by atoms with Crippen LogP contribution in [0.2, 0.25) is 0 Å². The van der Waals surface area contributed by atoms with Gasteiger partial charge < -0.3 is 25.1 Å². The first kappa shape index (κ1) is 18.4. The Labute approximate surface area is 146 Å². The standard InChI is InChI=1S/C18H23N3O4/c1-4-24-16-8-7-14(10-12(16)2)21-18(23)20-13(3)17(22)19-11-15-6-5-9-25-15/h5-10,13H,4,11H2,1-3H3,(H,19,22)(H2,20,21,23)/t13-/m0/s1. The van der Waals surface area contributed by atoms with E-state index in [2.05, 4.69) is 16.0 Å². The largest absolute Gasteiger partial charge is 0.494 e. The van der Waals surface area contributed by atoms with Crippen molar-refractivity contribution in [1.29, 1.82) is 0 Å². The monoisotopic (exact) mass is 345 g/mol. The Morgan fingerprint density at radius 2 is 2.08 bits per heavy atom. The SMILES string of the molecule is CCOc1ccc(NC(=O)N[C@@H](C)C(=O)NCc2ccco2)cc1C. The third-order valence-corrected chi connectivity index (χ3v) is 3.49. The van der Waals surface area contributed by atoms with Gasteiger partial charge in [0.2, 0.25) is 5.91 Å². The number of hydrogen-bond donors (Lipinski definition) is 3. The van der Waals surface area contributed by atoms with Gasteiger partial charge in [-0.2, -0.15) is 0 Å². The van der Waals surface area contributed by atoms with Crippen molar-refractivity contribution in [2.24, 2.45) is 0 Å². The maximum atomic E-state index is 12.0. The van der Waals surface area contributed by atoms with Gasteiger partial charge in [-0.1, -0.05) is 0 Å². The Kier molecular flexibility index (Phi) is 6.45. The summed E-state index contributed by atoms with van der Waals surface area (Å²) in [5, 5.41) is 7.99. The molecule has 0 fully saturated rings. The molecule has 0 aliphatic rings. The number of carbonyl (C=O) groups excluding carboxylic acids is 2. The van der Waals surface area contributed by atoms with Gasteiger partial charge in [-0.3, -0.25) is 4.79 Å². The lowest BCUT2D eigenvalue weighted by Gasteiger charge is -2.15. The van der Waals surface area contributed by atoms with Crippen molar-refractivity contribution in [3.8, 4) is 5.75 Å². The molecule has 3 N–H and O–H groups in total. The average molecular weight is 345 g/mol. The van der Waals surface area contributed by atoms with Gasteiger partial charge in [-0.25, -0.2) is 4.79 Å². The van der Waals surface area contributed by atoms with E-state index >= 15 is 0 Å². The maximum absolute atomic E-state index is 12.0. The van der Waals surface area contributed by atoms with Crippen molar-refractivity contribution >= 4 is 17.6 Å². The molecule has 0 saturated heterocycles. The number of furan rings is 1. The van der Waals surface area contributed by atoms with E-state index in [1.807, 2.05) is 19.9 Å². The van der Waals surface area contributed by atoms with Gasteiger partial charge >= 0.3 is 6.03 Å². The summed E-state index contributed by atoms with van der Waals surface area (Å²) in [6.45, 7) is 6.28. The van der Waals surface area contributed by atoms with Crippen molar-refractivity contribution < 1.29 is 18.7 Å². The molecule has 7 nitrogen and oxygen atoms in total. The van der Waals surface area contributed by atoms with Crippen molar-refractivity contribution in [2.75, 3.05) is 11.9 Å². The molecular formula is C18H23N3O4. The fourth-order valence-electron chi connectivity index (χ4n) is 2.21. The Morgan fingerprint density at radius 3 is 2.72 bits per heavy atom. The number of rotatable bonds is 7. The summed E-state index contributed by atoms with van der Waals surface area (Å²) in [4.78, 5) is 24.0. The Bertz CT molecular complexity index is 713. The maximum Gasteiger partial charge on any atom is 0.319 e. The zero-order chi connectivity index (χ0) is 18.2. The predicted octanol–water partition coefficient (Wildman–Crippen LogP) is 2.81. The molecular weight excluding hydrogens is 322 g/mol. The number of urea groups is 1. The van der Waals surface area contributed by atoms with Gasteiger partial charge in [0.15, 0.2) is 0 Å². The first-order chi connectivity index (χ1) is 12.0. The highest BCUT2D eigenvalue weighted by Crippen LogP contribution is 2.21. The summed E-state index contributed by atoms with van der Waals surface area (Å²) >= 11 is 0. The first-order valence-corrected chi connectivity index (χ1v) is 8.10. The third kappa shape index (κ3) is 5.56. The molecule has 0 bridgehead atoms. The molecule has 3 amide bonds. The smallest absolute Gasteiger partial charge is 0.319 e. The molecule has 134 valence electrons. The van der Waals surface area contributed by atoms with Gasteiger partial charge in [0, 0.05) is 5.69 Å². The van der Waals surface area contributed by atoms with Crippen LogP contribution in [0.15, 0.2) is 41.0 Å². The van der Waals surface area contributed by atoms with Crippen LogP contribution in [0, 0.1) is 6.92 Å². The third-order valence-electron chi connectivity index (χ3n) is 3.49. The Hall–Kier alpha value is -2.96. The van der Waals surface area contributed by atoms with Crippen molar-refractivity contribution in [3.05, 3.63) is 47.9 Å². The Morgan fingerprint density at radius 1 is 1.28 bits per heavy atom. The molecule has 1 atom stereocenters. The fourth-order valence-corrected chi connectivity index (χ4v) is 2.21. The number of carbonyl (C=O) groups is 2. The quantitative estimate of drug-likeness (QED) is 0.719. The number of amides is 3. The molecule has 0 aliphatic heterocycles. The molecule has 1 aromatic heterocycles. The molecule has 0 saturated carbocycles. The lowest BCUT2D eigenvalue weighted by molar-refractivity contribution is -0.122. The number of ether oxygens (including phenoxy) is 1. The van der Waals surface area contributed by atoms with Gasteiger partial charge in [0.05, 0.1) is 19.4 Å². The van der Waals surface area contributed by atoms with Gasteiger partial charge in [0.1, 0.15) is 17.6 Å². The number of benzene rings is 1. The molecule has 0 aliphatic carbocycles. The van der Waals surface area contributed by atoms with Crippen molar-refractivity contribution in [1.82, 2.24) is 10.6 Å². The van der Waals surface area contributed by atoms with Crippen LogP contribution in [0.5, 0.6) is 5.75 Å². The average Bonchev–Trinajstić information content (AvgIpc) is 3.08. The first-order valence-electron chi connectivity index (χ1n) is 8.10. The summed E-state index contributed by atoms with van der Waals surface area (Å²) in [5.74, 6) is 1.13. The van der Waals surface area contributed by atoms with Crippen LogP contribution < -0.4 is 20.7 Å². The second-order valence-electron chi connectivity index (χ2n) is 5.53. The number of nitrogens with one attached hydrogen (secondary N) is 3. The van der Waals surface area contributed by atoms with Crippen molar-refractivity contribution in [2.45, 2.75) is 33.4 Å². The molecule has 0 unspecified atom stereocenters. The molecule has 2 rings (SSSR count). The zero-order valence-corrected chi connectivity index (χ0v) is 14.6. The molecule has 0 radical (unpaired) electrons. The Balaban J connectivity index is 1.82. The molecule has 0 spiro atoms. The van der Waals surface area contributed by atoms with E-state index in [0.29, 0.717) is 18.1 Å². The van der Waals surface area contributed by atoms with Crippen molar-refractivity contribution in [3.63, 3.8) is 0 Å². The minimum atomic E-state index is -0.682. The minimum absolute atomic E-state index is 0.275. The molecule has 7 heteroatoms. The van der Waals surface area contributed by atoms with Crippen LogP contribution >= 0.6 is 0 Å². The van der Waals surface area contributed by atoms with Crippen LogP contribution in [0.3, 0.4) is 0 Å². The van der Waals surface area contributed by atoms with Crippen LogP contribution in [-0.4, -0.2) is 24.6 Å². The topological polar surface area (TPSA) is 92.6 Å². The lowest BCUT2D eigenvalue weighted by atomic mass is 10.2. The number of hydrogen-bond acceptors (Lipinski definition) is 4. The van der Waals surface area contributed by atoms with Crippen LogP contribution in [0.1, 0.15) is 25.2 Å². The van der Waals surface area contributed by atoms with E-state index in [4.69, 9.17) is 9.15 Å². The predicted molar refractivity (Wildman–Crippen MR) is 94.5 cm³/mol. The highest BCUT2D eigenvalue weighted by Gasteiger charge is 2.15. The molecule has 2 aromatic rings. The van der Waals surface area contributed by atoms with E-state index in [1.165, 1.54) is 6.26 Å². The van der Waals surface area contributed by atoms with E-state index in [0.717, 1.165) is 11.3 Å². The normalized spacial score (nSPS) is 11.5. The van der Waals surface area contributed by atoms with Crippen LogP contribution in [0.25, 0.3) is 0 Å². The van der Waals surface area contributed by atoms with Crippen LogP contribution in [0.4, 0.5) is 10.5 Å². The highest BCUT2D eigenvalue weighted by atomic mass is 16.5. The van der Waals surface area contributed by atoms with E-state index in [-0.39, 0.29) is 12.5 Å². The summed E-state index contributed by atoms with van der Waals surface area (Å²) in [7, 11) is 0. The minimum Gasteiger partial charge on any atom is -0.494 e. The zero-order valence-electron chi connectivity index (χ0n) is 14.6. The summed E-state index contributed by atoms with van der Waals surface area (Å²) < 4.78 is 10.6. The summed E-state index contributed by atoms with van der Waals surface area (Å²) in [6.07, 6.45) is 1.54. The van der Waals surface area contributed by atoms with Gasteiger partial charge in [-0.05, 0) is 56.7 Å². The molecule has 25 heavy (non-hydrogen) atoms. The second kappa shape index (κ2) is 8.77. The van der Waals surface area contributed by atoms with Gasteiger partial charge in [-0.15, -0.1) is 0 Å². The number of aryl methyl sites for hydroxylation is 1. The summed E-state index contributed by atoms with van der Waals surface area (Å²) in [6, 6.07) is 7.73. The van der Waals surface area contributed by atoms with E-state index < -0.39 is 12.1 Å². The van der Waals surface area contributed by atoms with E-state index in [9.17, 15) is 9.59 Å². The fraction of sp³-hybridized carbons (Fsp3) is 0.333. The van der Waals surface area contributed by atoms with Crippen LogP contribution in [-0.2, 0) is 11.3 Å². The second-order valence-corrected chi connectivity index (χ2v) is 5.53. The lowest BCUT2D eigenvalue weighted by Crippen LogP contribution is -2.46. The highest BCUT2D eigenvalue weighted by molar-refractivity contribution is 5.93. The molecule has 1 heterocycles. The van der Waals surface area contributed by atoms with E-state index in [1.54, 1.807) is 31.2 Å². The van der Waals surface area contributed by atoms with Gasteiger partial charge in [0.25, 0.3) is 0 Å². The number of anilines is 1. The summed E-state index contributed by atoms with van der Waals surface area (Å²) in [5.41, 5.74) is 1.55.